The summed E-state index contributed by atoms with van der Waals surface area (Å²) in [6, 6.07) is 5.56. The minimum absolute atomic E-state index is 0.0722. The molecule has 0 aliphatic heterocycles. The molecule has 0 amide bonds. The summed E-state index contributed by atoms with van der Waals surface area (Å²) in [4.78, 5) is 0. The van der Waals surface area contributed by atoms with Gasteiger partial charge in [-0.1, -0.05) is 22.0 Å². The molecule has 84 valence electrons. The van der Waals surface area contributed by atoms with Crippen molar-refractivity contribution in [2.45, 2.75) is 26.1 Å². The second kappa shape index (κ2) is 5.49. The van der Waals surface area contributed by atoms with Crippen LogP contribution < -0.4 is 10.5 Å². The Hall–Kier alpha value is -0.580. The summed E-state index contributed by atoms with van der Waals surface area (Å²) < 4.78 is 6.42. The first kappa shape index (κ1) is 12.5. The van der Waals surface area contributed by atoms with Crippen LogP contribution in [0.2, 0.25) is 0 Å². The molecule has 3 nitrogen and oxygen atoms in total. The number of benzene rings is 1. The van der Waals surface area contributed by atoms with Gasteiger partial charge in [-0.05, 0) is 26.0 Å². The van der Waals surface area contributed by atoms with Crippen LogP contribution in [0.3, 0.4) is 0 Å². The molecule has 0 bridgehead atoms. The zero-order valence-corrected chi connectivity index (χ0v) is 10.5. The molecular formula is C11H16BrNO2. The van der Waals surface area contributed by atoms with Crippen LogP contribution in [0.5, 0.6) is 5.75 Å². The zero-order chi connectivity index (χ0) is 11.4. The molecule has 1 rings (SSSR count). The van der Waals surface area contributed by atoms with Gasteiger partial charge in [0, 0.05) is 16.6 Å². The van der Waals surface area contributed by atoms with Crippen LogP contribution in [0.4, 0.5) is 0 Å². The van der Waals surface area contributed by atoms with E-state index in [1.165, 1.54) is 0 Å². The number of hydrogen-bond acceptors (Lipinski definition) is 3. The molecule has 0 radical (unpaired) electrons. The van der Waals surface area contributed by atoms with E-state index in [4.69, 9.17) is 10.5 Å². The van der Waals surface area contributed by atoms with Crippen LogP contribution in [-0.4, -0.2) is 17.8 Å². The highest BCUT2D eigenvalue weighted by Gasteiger charge is 2.16. The van der Waals surface area contributed by atoms with Gasteiger partial charge in [0.1, 0.15) is 5.75 Å². The third kappa shape index (κ3) is 3.19. The predicted molar refractivity (Wildman–Crippen MR) is 63.9 cm³/mol. The molecule has 0 fully saturated rings. The van der Waals surface area contributed by atoms with Gasteiger partial charge in [-0.2, -0.15) is 0 Å². The van der Waals surface area contributed by atoms with Crippen molar-refractivity contribution >= 4 is 15.9 Å². The van der Waals surface area contributed by atoms with Gasteiger partial charge in [0.25, 0.3) is 0 Å². The van der Waals surface area contributed by atoms with Crippen molar-refractivity contribution in [2.75, 3.05) is 6.54 Å². The van der Waals surface area contributed by atoms with E-state index in [0.29, 0.717) is 11.3 Å². The topological polar surface area (TPSA) is 55.5 Å². The third-order valence-corrected chi connectivity index (χ3v) is 2.62. The van der Waals surface area contributed by atoms with Gasteiger partial charge in [-0.3, -0.25) is 0 Å². The first-order valence-electron chi connectivity index (χ1n) is 4.89. The highest BCUT2D eigenvalue weighted by Crippen LogP contribution is 2.32. The number of nitrogens with two attached hydrogens (primary N) is 1. The standard InChI is InChI=1S/C11H16BrNO2/c1-7(2)15-10-5-3-4-8(12)11(10)9(14)6-13/h3-5,7,9,14H,6,13H2,1-2H3. The molecule has 0 heterocycles. The van der Waals surface area contributed by atoms with Gasteiger partial charge in [0.05, 0.1) is 12.2 Å². The normalized spacial score (nSPS) is 12.9. The van der Waals surface area contributed by atoms with Crippen LogP contribution in [0.15, 0.2) is 22.7 Å². The fraction of sp³-hybridized carbons (Fsp3) is 0.455. The second-order valence-corrected chi connectivity index (χ2v) is 4.42. The summed E-state index contributed by atoms with van der Waals surface area (Å²) >= 11 is 3.38. The lowest BCUT2D eigenvalue weighted by Crippen LogP contribution is -2.15. The number of aliphatic hydroxyl groups is 1. The van der Waals surface area contributed by atoms with E-state index in [1.807, 2.05) is 32.0 Å². The maximum absolute atomic E-state index is 9.77. The molecular weight excluding hydrogens is 258 g/mol. The van der Waals surface area contributed by atoms with Crippen molar-refractivity contribution in [1.82, 2.24) is 0 Å². The van der Waals surface area contributed by atoms with Crippen molar-refractivity contribution in [2.24, 2.45) is 5.73 Å². The van der Waals surface area contributed by atoms with Crippen molar-refractivity contribution in [1.29, 1.82) is 0 Å². The fourth-order valence-electron chi connectivity index (χ4n) is 1.32. The molecule has 1 unspecified atom stereocenters. The minimum Gasteiger partial charge on any atom is -0.491 e. The molecule has 1 aromatic rings. The van der Waals surface area contributed by atoms with E-state index in [2.05, 4.69) is 15.9 Å². The van der Waals surface area contributed by atoms with Gasteiger partial charge in [0.2, 0.25) is 0 Å². The van der Waals surface area contributed by atoms with Crippen molar-refractivity contribution in [3.63, 3.8) is 0 Å². The lowest BCUT2D eigenvalue weighted by Gasteiger charge is -2.18. The lowest BCUT2D eigenvalue weighted by molar-refractivity contribution is 0.172. The van der Waals surface area contributed by atoms with Crippen molar-refractivity contribution < 1.29 is 9.84 Å². The molecule has 0 saturated heterocycles. The molecule has 1 aromatic carbocycles. The summed E-state index contributed by atoms with van der Waals surface area (Å²) in [6.07, 6.45) is -0.627. The SMILES string of the molecule is CC(C)Oc1cccc(Br)c1C(O)CN. The quantitative estimate of drug-likeness (QED) is 0.885. The Kier molecular flexibility index (Phi) is 4.57. The second-order valence-electron chi connectivity index (χ2n) is 3.57. The van der Waals surface area contributed by atoms with E-state index < -0.39 is 6.10 Å². The van der Waals surface area contributed by atoms with Gasteiger partial charge in [-0.15, -0.1) is 0 Å². The van der Waals surface area contributed by atoms with Crippen LogP contribution in [0.1, 0.15) is 25.5 Å². The van der Waals surface area contributed by atoms with Gasteiger partial charge in [-0.25, -0.2) is 0 Å². The Morgan fingerprint density at radius 2 is 2.13 bits per heavy atom. The summed E-state index contributed by atoms with van der Waals surface area (Å²) in [5.74, 6) is 0.678. The van der Waals surface area contributed by atoms with Crippen LogP contribution in [0, 0.1) is 0 Å². The minimum atomic E-state index is -0.700. The van der Waals surface area contributed by atoms with E-state index in [9.17, 15) is 5.11 Å². The predicted octanol–water partition coefficient (Wildman–Crippen LogP) is 2.23. The number of halogens is 1. The Bertz CT molecular complexity index is 328. The molecule has 0 aromatic heterocycles. The largest absolute Gasteiger partial charge is 0.491 e. The first-order chi connectivity index (χ1) is 7.06. The molecule has 0 saturated carbocycles. The number of rotatable bonds is 4. The average Bonchev–Trinajstić information content (AvgIpc) is 2.16. The summed E-state index contributed by atoms with van der Waals surface area (Å²) in [6.45, 7) is 4.07. The van der Waals surface area contributed by atoms with E-state index in [1.54, 1.807) is 0 Å². The maximum atomic E-state index is 9.77. The lowest BCUT2D eigenvalue weighted by atomic mass is 10.1. The van der Waals surface area contributed by atoms with Crippen molar-refractivity contribution in [3.8, 4) is 5.75 Å². The molecule has 0 aliphatic rings. The van der Waals surface area contributed by atoms with Crippen LogP contribution in [0.25, 0.3) is 0 Å². The molecule has 15 heavy (non-hydrogen) atoms. The Balaban J connectivity index is 3.08. The maximum Gasteiger partial charge on any atom is 0.126 e. The highest BCUT2D eigenvalue weighted by atomic mass is 79.9. The van der Waals surface area contributed by atoms with Crippen LogP contribution in [-0.2, 0) is 0 Å². The number of ether oxygens (including phenoxy) is 1. The average molecular weight is 274 g/mol. The molecule has 0 spiro atoms. The van der Waals surface area contributed by atoms with Crippen molar-refractivity contribution in [3.05, 3.63) is 28.2 Å². The Morgan fingerprint density at radius 3 is 2.67 bits per heavy atom. The first-order valence-corrected chi connectivity index (χ1v) is 5.68. The molecule has 3 N–H and O–H groups in total. The summed E-state index contributed by atoms with van der Waals surface area (Å²) in [7, 11) is 0. The molecule has 4 heteroatoms. The Morgan fingerprint density at radius 1 is 1.47 bits per heavy atom. The van der Waals surface area contributed by atoms with Crippen LogP contribution >= 0.6 is 15.9 Å². The van der Waals surface area contributed by atoms with Gasteiger partial charge < -0.3 is 15.6 Å². The fourth-order valence-corrected chi connectivity index (χ4v) is 1.93. The smallest absolute Gasteiger partial charge is 0.126 e. The molecule has 1 atom stereocenters. The highest BCUT2D eigenvalue weighted by molar-refractivity contribution is 9.10. The Labute approximate surface area is 98.4 Å². The van der Waals surface area contributed by atoms with E-state index in [-0.39, 0.29) is 12.6 Å². The number of aliphatic hydroxyl groups excluding tert-OH is 1. The number of hydrogen-bond donors (Lipinski definition) is 2. The summed E-state index contributed by atoms with van der Waals surface area (Å²) in [5.41, 5.74) is 6.16. The molecule has 0 aliphatic carbocycles. The summed E-state index contributed by atoms with van der Waals surface area (Å²) in [5, 5.41) is 9.77. The monoisotopic (exact) mass is 273 g/mol. The van der Waals surface area contributed by atoms with Gasteiger partial charge in [0.15, 0.2) is 0 Å². The van der Waals surface area contributed by atoms with Gasteiger partial charge >= 0.3 is 0 Å². The van der Waals surface area contributed by atoms with E-state index >= 15 is 0 Å². The zero-order valence-electron chi connectivity index (χ0n) is 8.90. The third-order valence-electron chi connectivity index (χ3n) is 1.93. The van der Waals surface area contributed by atoms with E-state index in [0.717, 1.165) is 4.47 Å².